The first-order chi connectivity index (χ1) is 9.21. The summed E-state index contributed by atoms with van der Waals surface area (Å²) >= 11 is 0. The fraction of sp³-hybridized carbons (Fsp3) is 0.636. The highest BCUT2D eigenvalue weighted by Crippen LogP contribution is 2.16. The van der Waals surface area contributed by atoms with Gasteiger partial charge in [0.25, 0.3) is 0 Å². The number of alkyl halides is 3. The van der Waals surface area contributed by atoms with E-state index in [1.807, 2.05) is 17.9 Å². The largest absolute Gasteiger partial charge is 0.490 e. The van der Waals surface area contributed by atoms with Crippen molar-refractivity contribution in [2.24, 2.45) is 7.05 Å². The summed E-state index contributed by atoms with van der Waals surface area (Å²) in [5.74, 6) is -2.76. The zero-order valence-electron chi connectivity index (χ0n) is 11.2. The predicted octanol–water partition coefficient (Wildman–Crippen LogP) is 0.851. The molecule has 1 atom stereocenters. The van der Waals surface area contributed by atoms with E-state index in [4.69, 9.17) is 9.90 Å². The standard InChI is InChI=1S/C9H16N4.C2HF3O2/c1-8-5-10-3-4-13(8)9-6-11-12(2)7-9;3-2(4,5)1(6)7/h6-8,10H,3-5H2,1-2H3;(H,6,7)/t8-;/m0./s1. The molecule has 6 nitrogen and oxygen atoms in total. The maximum absolute atomic E-state index is 10.6. The minimum absolute atomic E-state index is 0.568. The van der Waals surface area contributed by atoms with Gasteiger partial charge < -0.3 is 15.3 Å². The van der Waals surface area contributed by atoms with E-state index in [1.165, 1.54) is 5.69 Å². The molecule has 0 amide bonds. The number of nitrogens with zero attached hydrogens (tertiary/aromatic N) is 3. The molecule has 0 aromatic carbocycles. The summed E-state index contributed by atoms with van der Waals surface area (Å²) in [7, 11) is 1.95. The summed E-state index contributed by atoms with van der Waals surface area (Å²) < 4.78 is 33.6. The number of aryl methyl sites for hydroxylation is 1. The molecule has 1 aromatic heterocycles. The van der Waals surface area contributed by atoms with Gasteiger partial charge in [-0.25, -0.2) is 4.79 Å². The number of carboxylic acid groups (broad SMARTS) is 1. The number of aromatic nitrogens is 2. The Kier molecular flexibility index (Phi) is 5.37. The Labute approximate surface area is 114 Å². The lowest BCUT2D eigenvalue weighted by atomic mass is 10.2. The van der Waals surface area contributed by atoms with Gasteiger partial charge in [0, 0.05) is 38.9 Å². The van der Waals surface area contributed by atoms with Crippen molar-refractivity contribution < 1.29 is 23.1 Å². The third-order valence-electron chi connectivity index (χ3n) is 2.77. The van der Waals surface area contributed by atoms with Crippen molar-refractivity contribution in [3.05, 3.63) is 12.4 Å². The summed E-state index contributed by atoms with van der Waals surface area (Å²) in [5, 5.41) is 14.7. The third kappa shape index (κ3) is 4.72. The average Bonchev–Trinajstić information content (AvgIpc) is 2.76. The highest BCUT2D eigenvalue weighted by molar-refractivity contribution is 5.73. The molecule has 2 heterocycles. The second-order valence-corrected chi connectivity index (χ2v) is 4.42. The van der Waals surface area contributed by atoms with Gasteiger partial charge in [0.2, 0.25) is 0 Å². The van der Waals surface area contributed by atoms with Crippen LogP contribution in [0, 0.1) is 0 Å². The van der Waals surface area contributed by atoms with Crippen LogP contribution in [-0.2, 0) is 11.8 Å². The number of piperazine rings is 1. The van der Waals surface area contributed by atoms with Gasteiger partial charge in [-0.3, -0.25) is 4.68 Å². The lowest BCUT2D eigenvalue weighted by Crippen LogP contribution is -2.49. The van der Waals surface area contributed by atoms with Crippen LogP contribution in [0.2, 0.25) is 0 Å². The molecule has 1 fully saturated rings. The maximum atomic E-state index is 10.6. The molecule has 114 valence electrons. The van der Waals surface area contributed by atoms with Crippen LogP contribution in [-0.4, -0.2) is 52.7 Å². The fourth-order valence-electron chi connectivity index (χ4n) is 1.78. The van der Waals surface area contributed by atoms with Gasteiger partial charge in [-0.1, -0.05) is 0 Å². The molecule has 9 heteroatoms. The van der Waals surface area contributed by atoms with Gasteiger partial charge >= 0.3 is 12.1 Å². The number of halogens is 3. The van der Waals surface area contributed by atoms with Gasteiger partial charge in [0.05, 0.1) is 11.9 Å². The topological polar surface area (TPSA) is 70.4 Å². The summed E-state index contributed by atoms with van der Waals surface area (Å²) in [6.07, 6.45) is -1.08. The molecular formula is C11H17F3N4O2. The molecule has 20 heavy (non-hydrogen) atoms. The molecule has 0 unspecified atom stereocenters. The summed E-state index contributed by atoms with van der Waals surface area (Å²) in [6.45, 7) is 5.44. The van der Waals surface area contributed by atoms with Crippen molar-refractivity contribution in [2.75, 3.05) is 24.5 Å². The number of carbonyl (C=O) groups is 1. The van der Waals surface area contributed by atoms with E-state index in [9.17, 15) is 13.2 Å². The molecule has 0 saturated carbocycles. The second-order valence-electron chi connectivity index (χ2n) is 4.42. The number of hydrogen-bond donors (Lipinski definition) is 2. The zero-order chi connectivity index (χ0) is 15.3. The Hall–Kier alpha value is -1.77. The van der Waals surface area contributed by atoms with E-state index in [0.29, 0.717) is 6.04 Å². The van der Waals surface area contributed by atoms with Crippen LogP contribution in [0.1, 0.15) is 6.92 Å². The Morgan fingerprint density at radius 1 is 1.55 bits per heavy atom. The van der Waals surface area contributed by atoms with E-state index < -0.39 is 12.1 Å². The smallest absolute Gasteiger partial charge is 0.475 e. The first kappa shape index (κ1) is 16.3. The number of nitrogens with one attached hydrogen (secondary N) is 1. The Balaban J connectivity index is 0.000000246. The number of anilines is 1. The minimum Gasteiger partial charge on any atom is -0.475 e. The number of carboxylic acids is 1. The molecule has 1 aromatic rings. The summed E-state index contributed by atoms with van der Waals surface area (Å²) in [6, 6.07) is 0.568. The zero-order valence-corrected chi connectivity index (χ0v) is 11.2. The molecule has 0 aliphatic carbocycles. The van der Waals surface area contributed by atoms with Crippen LogP contribution in [0.4, 0.5) is 18.9 Å². The van der Waals surface area contributed by atoms with E-state index in [0.717, 1.165) is 19.6 Å². The fourth-order valence-corrected chi connectivity index (χ4v) is 1.78. The van der Waals surface area contributed by atoms with Gasteiger partial charge in [0.1, 0.15) is 0 Å². The van der Waals surface area contributed by atoms with Crippen LogP contribution in [0.5, 0.6) is 0 Å². The van der Waals surface area contributed by atoms with Crippen LogP contribution in [0.25, 0.3) is 0 Å². The van der Waals surface area contributed by atoms with Crippen molar-refractivity contribution in [3.8, 4) is 0 Å². The normalized spacial score (nSPS) is 19.2. The lowest BCUT2D eigenvalue weighted by molar-refractivity contribution is -0.192. The number of rotatable bonds is 1. The average molecular weight is 294 g/mol. The van der Waals surface area contributed by atoms with E-state index in [1.54, 1.807) is 0 Å². The molecule has 1 saturated heterocycles. The maximum Gasteiger partial charge on any atom is 0.490 e. The molecule has 0 radical (unpaired) electrons. The highest BCUT2D eigenvalue weighted by atomic mass is 19.4. The molecule has 2 N–H and O–H groups in total. The van der Waals surface area contributed by atoms with E-state index >= 15 is 0 Å². The highest BCUT2D eigenvalue weighted by Gasteiger charge is 2.38. The Morgan fingerprint density at radius 3 is 2.55 bits per heavy atom. The SMILES string of the molecule is C[C@H]1CNCCN1c1cnn(C)c1.O=C(O)C(F)(F)F. The molecule has 0 spiro atoms. The van der Waals surface area contributed by atoms with Crippen LogP contribution in [0.3, 0.4) is 0 Å². The first-order valence-electron chi connectivity index (χ1n) is 5.98. The Bertz CT molecular complexity index is 447. The monoisotopic (exact) mass is 294 g/mol. The van der Waals surface area contributed by atoms with Gasteiger partial charge in [0.15, 0.2) is 0 Å². The first-order valence-corrected chi connectivity index (χ1v) is 5.98. The van der Waals surface area contributed by atoms with Crippen LogP contribution >= 0.6 is 0 Å². The molecule has 2 rings (SSSR count). The Morgan fingerprint density at radius 2 is 2.15 bits per heavy atom. The van der Waals surface area contributed by atoms with Crippen molar-refractivity contribution in [1.82, 2.24) is 15.1 Å². The van der Waals surface area contributed by atoms with Gasteiger partial charge in [-0.05, 0) is 6.92 Å². The summed E-state index contributed by atoms with van der Waals surface area (Å²) in [5.41, 5.74) is 1.23. The van der Waals surface area contributed by atoms with Crippen molar-refractivity contribution in [2.45, 2.75) is 19.1 Å². The van der Waals surface area contributed by atoms with Crippen molar-refractivity contribution in [1.29, 1.82) is 0 Å². The van der Waals surface area contributed by atoms with E-state index in [2.05, 4.69) is 28.4 Å². The van der Waals surface area contributed by atoms with Gasteiger partial charge in [-0.2, -0.15) is 18.3 Å². The third-order valence-corrected chi connectivity index (χ3v) is 2.77. The minimum atomic E-state index is -5.08. The molecule has 1 aliphatic heterocycles. The summed E-state index contributed by atoms with van der Waals surface area (Å²) in [4.78, 5) is 11.3. The number of aliphatic carboxylic acids is 1. The molecule has 0 bridgehead atoms. The van der Waals surface area contributed by atoms with Crippen molar-refractivity contribution >= 4 is 11.7 Å². The predicted molar refractivity (Wildman–Crippen MR) is 66.6 cm³/mol. The molecule has 1 aliphatic rings. The van der Waals surface area contributed by atoms with Gasteiger partial charge in [-0.15, -0.1) is 0 Å². The quantitative estimate of drug-likeness (QED) is 0.803. The number of hydrogen-bond acceptors (Lipinski definition) is 4. The van der Waals surface area contributed by atoms with E-state index in [-0.39, 0.29) is 0 Å². The second kappa shape index (κ2) is 6.60. The lowest BCUT2D eigenvalue weighted by Gasteiger charge is -2.34. The van der Waals surface area contributed by atoms with Crippen molar-refractivity contribution in [3.63, 3.8) is 0 Å². The molecular weight excluding hydrogens is 277 g/mol. The van der Waals surface area contributed by atoms with Crippen LogP contribution in [0.15, 0.2) is 12.4 Å². The van der Waals surface area contributed by atoms with Crippen LogP contribution < -0.4 is 10.2 Å².